The average molecular weight is 270 g/mol. The van der Waals surface area contributed by atoms with E-state index in [1.807, 2.05) is 0 Å². The summed E-state index contributed by atoms with van der Waals surface area (Å²) in [6, 6.07) is 0. The van der Waals surface area contributed by atoms with Crippen molar-refractivity contribution in [3.63, 3.8) is 0 Å². The van der Waals surface area contributed by atoms with Crippen molar-refractivity contribution in [3.8, 4) is 5.75 Å². The molecule has 0 aliphatic rings. The Morgan fingerprint density at radius 3 is 2.18 bits per heavy atom. The molecule has 0 saturated heterocycles. The number of nitrogens with zero attached hydrogens (tertiary/aromatic N) is 2. The lowest BCUT2D eigenvalue weighted by Gasteiger charge is -2.06. The van der Waals surface area contributed by atoms with Gasteiger partial charge in [-0.3, -0.25) is 0 Å². The Labute approximate surface area is 95.6 Å². The van der Waals surface area contributed by atoms with Crippen LogP contribution >= 0.6 is 0 Å². The molecule has 0 aromatic carbocycles. The lowest BCUT2D eigenvalue weighted by molar-refractivity contribution is 0.286. The highest BCUT2D eigenvalue weighted by Gasteiger charge is 2.24. The fraction of sp³-hybridized carbons (Fsp3) is 0.500. The van der Waals surface area contributed by atoms with Crippen molar-refractivity contribution >= 4 is 9.84 Å². The monoisotopic (exact) mass is 270 g/mol. The highest BCUT2D eigenvalue weighted by molar-refractivity contribution is 7.91. The number of sulfone groups is 1. The number of aromatic nitrogens is 2. The second-order valence-corrected chi connectivity index (χ2v) is 4.86. The summed E-state index contributed by atoms with van der Waals surface area (Å²) < 4.78 is 65.4. The Kier molecular flexibility index (Phi) is 4.27. The summed E-state index contributed by atoms with van der Waals surface area (Å²) in [5.74, 6) is -4.65. The molecule has 0 aliphatic heterocycles. The molecule has 0 amide bonds. The van der Waals surface area contributed by atoms with Crippen LogP contribution < -0.4 is 4.74 Å². The molecule has 0 spiro atoms. The standard InChI is InChI=1S/C8H9F3N2O3S/c1-2-16-5-6(10)12-8(13-7(5)11)17(14,15)4-3-9/h2-4H2,1H3. The van der Waals surface area contributed by atoms with E-state index in [1.165, 1.54) is 6.92 Å². The molecule has 0 fully saturated rings. The van der Waals surface area contributed by atoms with E-state index in [4.69, 9.17) is 0 Å². The smallest absolute Gasteiger partial charge is 0.262 e. The maximum Gasteiger partial charge on any atom is 0.262 e. The summed E-state index contributed by atoms with van der Waals surface area (Å²) in [7, 11) is -4.22. The van der Waals surface area contributed by atoms with Crippen molar-refractivity contribution < 1.29 is 26.3 Å². The number of alkyl halides is 1. The number of hydrogen-bond donors (Lipinski definition) is 0. The van der Waals surface area contributed by atoms with Gasteiger partial charge < -0.3 is 4.74 Å². The second-order valence-electron chi connectivity index (χ2n) is 2.86. The van der Waals surface area contributed by atoms with Crippen LogP contribution in [0.3, 0.4) is 0 Å². The molecular formula is C8H9F3N2O3S. The lowest BCUT2D eigenvalue weighted by atomic mass is 10.5. The van der Waals surface area contributed by atoms with Gasteiger partial charge in [0.1, 0.15) is 6.67 Å². The van der Waals surface area contributed by atoms with Crippen LogP contribution in [0.1, 0.15) is 6.92 Å². The minimum absolute atomic E-state index is 0.0340. The van der Waals surface area contributed by atoms with Crippen LogP contribution in [0.5, 0.6) is 5.75 Å². The molecule has 1 rings (SSSR count). The van der Waals surface area contributed by atoms with Crippen LogP contribution in [-0.2, 0) is 9.84 Å². The van der Waals surface area contributed by atoms with E-state index < -0.39 is 45.1 Å². The minimum Gasteiger partial charge on any atom is -0.486 e. The van der Waals surface area contributed by atoms with Crippen LogP contribution in [0.15, 0.2) is 5.16 Å². The van der Waals surface area contributed by atoms with E-state index in [2.05, 4.69) is 14.7 Å². The molecule has 0 atom stereocenters. The van der Waals surface area contributed by atoms with Gasteiger partial charge in [0.25, 0.3) is 17.1 Å². The van der Waals surface area contributed by atoms with E-state index in [9.17, 15) is 21.6 Å². The predicted octanol–water partition coefficient (Wildman–Crippen LogP) is 0.897. The molecule has 0 radical (unpaired) electrons. The molecule has 0 saturated carbocycles. The summed E-state index contributed by atoms with van der Waals surface area (Å²) in [4.78, 5) is 5.89. The highest BCUT2D eigenvalue weighted by Crippen LogP contribution is 2.20. The van der Waals surface area contributed by atoms with Crippen LogP contribution in [0, 0.1) is 11.9 Å². The van der Waals surface area contributed by atoms with E-state index in [-0.39, 0.29) is 6.61 Å². The fourth-order valence-electron chi connectivity index (χ4n) is 0.975. The summed E-state index contributed by atoms with van der Waals surface area (Å²) >= 11 is 0. The molecule has 1 heterocycles. The number of ether oxygens (including phenoxy) is 1. The largest absolute Gasteiger partial charge is 0.486 e. The summed E-state index contributed by atoms with van der Waals surface area (Å²) in [5, 5.41) is -1.09. The van der Waals surface area contributed by atoms with Gasteiger partial charge in [0.05, 0.1) is 12.4 Å². The summed E-state index contributed by atoms with van der Waals surface area (Å²) in [6.45, 7) is 0.253. The average Bonchev–Trinajstić information content (AvgIpc) is 2.23. The molecule has 0 N–H and O–H groups in total. The van der Waals surface area contributed by atoms with Gasteiger partial charge in [-0.15, -0.1) is 0 Å². The van der Waals surface area contributed by atoms with Gasteiger partial charge >= 0.3 is 0 Å². The molecule has 0 unspecified atom stereocenters. The zero-order chi connectivity index (χ0) is 13.1. The van der Waals surface area contributed by atoms with Crippen LogP contribution in [0.4, 0.5) is 13.2 Å². The molecule has 96 valence electrons. The van der Waals surface area contributed by atoms with E-state index >= 15 is 0 Å². The van der Waals surface area contributed by atoms with Gasteiger partial charge in [-0.05, 0) is 6.92 Å². The van der Waals surface area contributed by atoms with Crippen molar-refractivity contribution in [2.24, 2.45) is 0 Å². The van der Waals surface area contributed by atoms with E-state index in [0.29, 0.717) is 0 Å². The number of rotatable bonds is 5. The van der Waals surface area contributed by atoms with E-state index in [0.717, 1.165) is 0 Å². The van der Waals surface area contributed by atoms with Gasteiger partial charge in [-0.2, -0.15) is 18.7 Å². The summed E-state index contributed by atoms with van der Waals surface area (Å²) in [6.07, 6.45) is 0. The third-order valence-corrected chi connectivity index (χ3v) is 3.11. The Bertz CT molecular complexity index is 484. The Balaban J connectivity index is 3.23. The molecule has 1 aromatic rings. The first kappa shape index (κ1) is 13.7. The molecule has 17 heavy (non-hydrogen) atoms. The quantitative estimate of drug-likeness (QED) is 0.587. The second kappa shape index (κ2) is 5.30. The molecule has 0 bridgehead atoms. The zero-order valence-corrected chi connectivity index (χ0v) is 9.60. The van der Waals surface area contributed by atoms with Crippen molar-refractivity contribution in [2.45, 2.75) is 12.1 Å². The first-order chi connectivity index (χ1) is 7.92. The topological polar surface area (TPSA) is 69.2 Å². The number of hydrogen-bond acceptors (Lipinski definition) is 5. The van der Waals surface area contributed by atoms with Crippen LogP contribution in [-0.4, -0.2) is 37.4 Å². The van der Waals surface area contributed by atoms with Crippen molar-refractivity contribution in [1.82, 2.24) is 9.97 Å². The van der Waals surface area contributed by atoms with Gasteiger partial charge in [0, 0.05) is 0 Å². The van der Waals surface area contributed by atoms with Crippen LogP contribution in [0.2, 0.25) is 0 Å². The lowest BCUT2D eigenvalue weighted by Crippen LogP contribution is -2.15. The van der Waals surface area contributed by atoms with Gasteiger partial charge in [0.15, 0.2) is 0 Å². The molecular weight excluding hydrogens is 261 g/mol. The normalized spacial score (nSPS) is 11.5. The maximum atomic E-state index is 13.2. The van der Waals surface area contributed by atoms with Crippen LogP contribution in [0.25, 0.3) is 0 Å². The van der Waals surface area contributed by atoms with Crippen molar-refractivity contribution in [2.75, 3.05) is 19.0 Å². The first-order valence-corrected chi connectivity index (χ1v) is 6.22. The molecule has 5 nitrogen and oxygen atoms in total. The zero-order valence-electron chi connectivity index (χ0n) is 8.78. The first-order valence-electron chi connectivity index (χ1n) is 4.57. The molecule has 1 aromatic heterocycles. The van der Waals surface area contributed by atoms with Gasteiger partial charge in [-0.1, -0.05) is 0 Å². The maximum absolute atomic E-state index is 13.2. The Morgan fingerprint density at radius 2 is 1.76 bits per heavy atom. The third kappa shape index (κ3) is 3.05. The SMILES string of the molecule is CCOc1c(F)nc(S(=O)(=O)CCF)nc1F. The summed E-state index contributed by atoms with van der Waals surface area (Å²) in [5.41, 5.74) is 0. The van der Waals surface area contributed by atoms with E-state index in [1.54, 1.807) is 0 Å². The van der Waals surface area contributed by atoms with Crippen molar-refractivity contribution in [1.29, 1.82) is 0 Å². The fourth-order valence-corrected chi connectivity index (χ4v) is 1.80. The van der Waals surface area contributed by atoms with Gasteiger partial charge in [-0.25, -0.2) is 12.8 Å². The molecule has 9 heteroatoms. The Morgan fingerprint density at radius 1 is 1.24 bits per heavy atom. The predicted molar refractivity (Wildman–Crippen MR) is 51.1 cm³/mol. The highest BCUT2D eigenvalue weighted by atomic mass is 32.2. The van der Waals surface area contributed by atoms with Crippen molar-refractivity contribution in [3.05, 3.63) is 11.9 Å². The minimum atomic E-state index is -4.22. The van der Waals surface area contributed by atoms with Gasteiger partial charge in [0.2, 0.25) is 15.6 Å². The molecule has 0 aliphatic carbocycles. The Hall–Kier alpha value is -1.38. The number of halogens is 3. The third-order valence-electron chi connectivity index (χ3n) is 1.68.